The quantitative estimate of drug-likeness (QED) is 0.382. The van der Waals surface area contributed by atoms with E-state index in [0.717, 1.165) is 5.69 Å². The van der Waals surface area contributed by atoms with Crippen LogP contribution in [0.2, 0.25) is 5.02 Å². The first-order chi connectivity index (χ1) is 16.2. The highest BCUT2D eigenvalue weighted by molar-refractivity contribution is 6.30. The summed E-state index contributed by atoms with van der Waals surface area (Å²) >= 11 is 6.29. The first-order valence-electron chi connectivity index (χ1n) is 10.5. The van der Waals surface area contributed by atoms with Crippen LogP contribution in [0.5, 0.6) is 0 Å². The number of aryl methyl sites for hydroxylation is 2. The van der Waals surface area contributed by atoms with E-state index in [1.54, 1.807) is 30.9 Å². The molecule has 2 atom stereocenters. The summed E-state index contributed by atoms with van der Waals surface area (Å²) in [6.07, 6.45) is 2.12. The molecule has 34 heavy (non-hydrogen) atoms. The molecule has 0 saturated heterocycles. The van der Waals surface area contributed by atoms with Crippen LogP contribution >= 0.6 is 11.6 Å². The number of nitrogens with zero attached hydrogens (tertiary/aromatic N) is 6. The Morgan fingerprint density at radius 3 is 2.71 bits per heavy atom. The minimum Gasteiger partial charge on any atom is -0.373 e. The number of rotatable bonds is 6. The summed E-state index contributed by atoms with van der Waals surface area (Å²) in [6, 6.07) is 4.40. The normalized spacial score (nSPS) is 17.1. The maximum atomic E-state index is 13.2. The maximum absolute atomic E-state index is 13.2. The average molecular weight is 486 g/mol. The number of pyridine rings is 1. The van der Waals surface area contributed by atoms with Crippen molar-refractivity contribution in [1.29, 1.82) is 0 Å². The van der Waals surface area contributed by atoms with Gasteiger partial charge in [-0.05, 0) is 13.0 Å². The van der Waals surface area contributed by atoms with Gasteiger partial charge in [-0.25, -0.2) is 9.37 Å². The van der Waals surface area contributed by atoms with Gasteiger partial charge in [-0.15, -0.1) is 0 Å². The highest BCUT2D eigenvalue weighted by atomic mass is 35.5. The van der Waals surface area contributed by atoms with E-state index in [4.69, 9.17) is 11.6 Å². The van der Waals surface area contributed by atoms with Crippen LogP contribution in [0.15, 0.2) is 35.4 Å². The fourth-order valence-corrected chi connectivity index (χ4v) is 3.74. The minimum atomic E-state index is -1.03. The molecule has 0 aliphatic heterocycles. The second-order valence-corrected chi connectivity index (χ2v) is 8.48. The largest absolute Gasteiger partial charge is 0.373 e. The fourth-order valence-electron chi connectivity index (χ4n) is 3.53. The summed E-state index contributed by atoms with van der Waals surface area (Å²) in [6.45, 7) is 1.87. The van der Waals surface area contributed by atoms with Crippen LogP contribution in [-0.2, 0) is 7.05 Å². The number of carbonyl (C=O) groups is 1. The number of hydrogen-bond donors (Lipinski definition) is 3. The molecule has 1 amide bonds. The number of nitrogens with one attached hydrogen (secondary N) is 3. The van der Waals surface area contributed by atoms with E-state index in [0.29, 0.717) is 23.1 Å². The van der Waals surface area contributed by atoms with Crippen LogP contribution in [0.4, 0.5) is 21.7 Å². The first kappa shape index (κ1) is 21.9. The molecule has 1 saturated carbocycles. The molecule has 3 N–H and O–H groups in total. The van der Waals surface area contributed by atoms with Gasteiger partial charge in [0.25, 0.3) is 11.5 Å². The third-order valence-electron chi connectivity index (χ3n) is 5.60. The van der Waals surface area contributed by atoms with E-state index in [1.165, 1.54) is 27.5 Å². The second kappa shape index (κ2) is 8.13. The molecule has 4 aromatic rings. The Balaban J connectivity index is 1.54. The van der Waals surface area contributed by atoms with Crippen molar-refractivity contribution in [3.05, 3.63) is 57.2 Å². The van der Waals surface area contributed by atoms with Crippen LogP contribution in [-0.4, -0.2) is 54.1 Å². The molecule has 4 aromatic heterocycles. The van der Waals surface area contributed by atoms with Crippen molar-refractivity contribution >= 4 is 40.5 Å². The molecule has 1 fully saturated rings. The molecule has 0 radical (unpaired) electrons. The van der Waals surface area contributed by atoms with Crippen LogP contribution in [0.1, 0.15) is 22.5 Å². The van der Waals surface area contributed by atoms with Crippen molar-refractivity contribution in [2.75, 3.05) is 17.7 Å². The molecule has 5 rings (SSSR count). The van der Waals surface area contributed by atoms with Crippen LogP contribution in [0, 0.1) is 6.92 Å². The minimum absolute atomic E-state index is 0.165. The second-order valence-electron chi connectivity index (χ2n) is 8.04. The molecule has 0 spiro atoms. The zero-order valence-electron chi connectivity index (χ0n) is 18.5. The van der Waals surface area contributed by atoms with Crippen molar-refractivity contribution in [1.82, 2.24) is 34.3 Å². The molecule has 11 nitrogen and oxygen atoms in total. The fraction of sp³-hybridized carbons (Fsp3) is 0.286. The third-order valence-corrected chi connectivity index (χ3v) is 5.80. The van der Waals surface area contributed by atoms with Crippen molar-refractivity contribution in [3.8, 4) is 5.82 Å². The summed E-state index contributed by atoms with van der Waals surface area (Å²) in [5.41, 5.74) is 1.08. The number of amides is 1. The van der Waals surface area contributed by atoms with Crippen molar-refractivity contribution in [2.45, 2.75) is 25.6 Å². The van der Waals surface area contributed by atoms with Gasteiger partial charge in [0, 0.05) is 44.5 Å². The lowest BCUT2D eigenvalue weighted by Gasteiger charge is -2.11. The van der Waals surface area contributed by atoms with Gasteiger partial charge in [-0.2, -0.15) is 14.7 Å². The monoisotopic (exact) mass is 485 g/mol. The molecular weight excluding hydrogens is 465 g/mol. The molecule has 0 unspecified atom stereocenters. The van der Waals surface area contributed by atoms with Crippen LogP contribution in [0.3, 0.4) is 0 Å². The Hall–Kier alpha value is -3.93. The van der Waals surface area contributed by atoms with Gasteiger partial charge in [-0.3, -0.25) is 18.8 Å². The molecule has 1 aliphatic rings. The molecule has 176 valence electrons. The number of fused-ring (bicyclic) bond motifs is 1. The molecule has 4 heterocycles. The summed E-state index contributed by atoms with van der Waals surface area (Å²) < 4.78 is 17.7. The number of alkyl halides is 1. The van der Waals surface area contributed by atoms with Gasteiger partial charge in [0.1, 0.15) is 29.1 Å². The van der Waals surface area contributed by atoms with E-state index in [-0.39, 0.29) is 28.3 Å². The zero-order valence-corrected chi connectivity index (χ0v) is 19.3. The first-order valence-corrected chi connectivity index (χ1v) is 10.8. The summed E-state index contributed by atoms with van der Waals surface area (Å²) in [5, 5.41) is 17.5. The Kier molecular flexibility index (Phi) is 5.24. The Morgan fingerprint density at radius 1 is 1.29 bits per heavy atom. The van der Waals surface area contributed by atoms with Gasteiger partial charge in [-0.1, -0.05) is 11.6 Å². The van der Waals surface area contributed by atoms with E-state index in [1.807, 2.05) is 6.92 Å². The number of carbonyl (C=O) groups excluding carboxylic acids is 1. The van der Waals surface area contributed by atoms with Crippen LogP contribution < -0.4 is 21.5 Å². The van der Waals surface area contributed by atoms with Gasteiger partial charge in [0.2, 0.25) is 0 Å². The van der Waals surface area contributed by atoms with Gasteiger partial charge < -0.3 is 16.0 Å². The Morgan fingerprint density at radius 2 is 2.06 bits per heavy atom. The standard InChI is InChI=1S/C21H21ClFN9O2/c1-10-4-18(29-30(10)3)31-9-11(22)5-15(21(31)34)26-16-7-17(24-2)32-19(28-16)12(8-25-32)20(33)27-14-6-13(14)23/h4-5,7-9,13-14,24H,6H2,1-3H3,(H,26,28)(H,27,33)/t13-,14+/m1/s1. The number of anilines is 3. The Bertz CT molecular complexity index is 1470. The van der Waals surface area contributed by atoms with Gasteiger partial charge in [0.15, 0.2) is 11.5 Å². The maximum Gasteiger partial charge on any atom is 0.280 e. The van der Waals surface area contributed by atoms with E-state index in [9.17, 15) is 14.0 Å². The molecule has 0 aromatic carbocycles. The van der Waals surface area contributed by atoms with Crippen LogP contribution in [0.25, 0.3) is 11.5 Å². The van der Waals surface area contributed by atoms with Crippen molar-refractivity contribution < 1.29 is 9.18 Å². The summed E-state index contributed by atoms with van der Waals surface area (Å²) in [5.74, 6) is 0.756. The lowest BCUT2D eigenvalue weighted by Crippen LogP contribution is -2.27. The Labute approximate surface area is 197 Å². The van der Waals surface area contributed by atoms with Gasteiger partial charge in [0.05, 0.1) is 17.3 Å². The molecular formula is C21H21ClFN9O2. The van der Waals surface area contributed by atoms with E-state index in [2.05, 4.69) is 31.1 Å². The van der Waals surface area contributed by atoms with Gasteiger partial charge >= 0.3 is 0 Å². The molecule has 13 heteroatoms. The lowest BCUT2D eigenvalue weighted by molar-refractivity contribution is 0.0949. The highest BCUT2D eigenvalue weighted by Crippen LogP contribution is 2.26. The smallest absolute Gasteiger partial charge is 0.280 e. The topological polar surface area (TPSA) is 123 Å². The van der Waals surface area contributed by atoms with E-state index < -0.39 is 18.1 Å². The SMILES string of the molecule is CNc1cc(Nc2cc(Cl)cn(-c3cc(C)n(C)n3)c2=O)nc2c(C(=O)N[C@H]3C[C@H]3F)cnn12. The average Bonchev–Trinajstić information content (AvgIpc) is 3.17. The predicted octanol–water partition coefficient (Wildman–Crippen LogP) is 2.20. The highest BCUT2D eigenvalue weighted by Gasteiger charge is 2.39. The lowest BCUT2D eigenvalue weighted by atomic mass is 10.3. The van der Waals surface area contributed by atoms with Crippen molar-refractivity contribution in [3.63, 3.8) is 0 Å². The summed E-state index contributed by atoms with van der Waals surface area (Å²) in [7, 11) is 3.47. The zero-order chi connectivity index (χ0) is 24.1. The molecule has 0 bridgehead atoms. The van der Waals surface area contributed by atoms with E-state index >= 15 is 0 Å². The number of hydrogen-bond acceptors (Lipinski definition) is 7. The van der Waals surface area contributed by atoms with Crippen molar-refractivity contribution in [2.24, 2.45) is 7.05 Å². The summed E-state index contributed by atoms with van der Waals surface area (Å²) in [4.78, 5) is 30.3. The predicted molar refractivity (Wildman–Crippen MR) is 125 cm³/mol. The molecule has 1 aliphatic carbocycles. The third kappa shape index (κ3) is 3.85. The number of aromatic nitrogens is 6. The number of halogens is 2.